The second-order valence-corrected chi connectivity index (χ2v) is 8.49. The highest BCUT2D eigenvalue weighted by atomic mass is 32.2. The van der Waals surface area contributed by atoms with Crippen molar-refractivity contribution in [1.29, 1.82) is 0 Å². The number of aryl methyl sites for hydroxylation is 3. The molecule has 0 unspecified atom stereocenters. The quantitative estimate of drug-likeness (QED) is 0.556. The van der Waals surface area contributed by atoms with Gasteiger partial charge in [-0.1, -0.05) is 18.2 Å². The molecule has 0 saturated heterocycles. The fourth-order valence-electron chi connectivity index (χ4n) is 2.83. The van der Waals surface area contributed by atoms with Crippen molar-refractivity contribution in [2.75, 3.05) is 11.3 Å². The van der Waals surface area contributed by atoms with Gasteiger partial charge in [0.15, 0.2) is 0 Å². The van der Waals surface area contributed by atoms with E-state index in [1.165, 1.54) is 0 Å². The molecule has 8 heteroatoms. The number of anilines is 1. The molecule has 1 heterocycles. The zero-order valence-electron chi connectivity index (χ0n) is 16.4. The number of imidazole rings is 1. The molecule has 0 saturated carbocycles. The minimum atomic E-state index is -3.80. The van der Waals surface area contributed by atoms with Crippen LogP contribution in [-0.4, -0.2) is 30.4 Å². The molecule has 29 heavy (non-hydrogen) atoms. The number of sulfonamides is 1. The number of aromatic nitrogens is 2. The molecule has 3 aromatic rings. The standard InChI is InChI=1S/C21H24N4O3S/c1-16-8-9-18(14-17(16)2)29(27,28)24-20-7-4-3-6-19(20)21(26)23-10-5-12-25-13-11-22-15-25/h3-4,6-9,11,13-15,24H,5,10,12H2,1-2H3,(H,23,26). The Morgan fingerprint density at radius 3 is 2.62 bits per heavy atom. The van der Waals surface area contributed by atoms with E-state index in [9.17, 15) is 13.2 Å². The molecule has 0 spiro atoms. The molecule has 0 fully saturated rings. The first-order valence-electron chi connectivity index (χ1n) is 9.30. The number of benzene rings is 2. The Bertz CT molecular complexity index is 1090. The van der Waals surface area contributed by atoms with Crippen LogP contribution in [0, 0.1) is 13.8 Å². The zero-order valence-corrected chi connectivity index (χ0v) is 17.2. The van der Waals surface area contributed by atoms with Crippen LogP contribution in [-0.2, 0) is 16.6 Å². The van der Waals surface area contributed by atoms with E-state index in [1.807, 2.05) is 24.6 Å². The molecule has 2 N–H and O–H groups in total. The van der Waals surface area contributed by atoms with Gasteiger partial charge in [0.1, 0.15) is 0 Å². The van der Waals surface area contributed by atoms with E-state index in [1.54, 1.807) is 55.0 Å². The van der Waals surface area contributed by atoms with E-state index in [4.69, 9.17) is 0 Å². The lowest BCUT2D eigenvalue weighted by atomic mass is 10.1. The molecular weight excluding hydrogens is 388 g/mol. The number of carbonyl (C=O) groups excluding carboxylic acids is 1. The van der Waals surface area contributed by atoms with Gasteiger partial charge in [-0.3, -0.25) is 9.52 Å². The van der Waals surface area contributed by atoms with Crippen molar-refractivity contribution >= 4 is 21.6 Å². The average molecular weight is 413 g/mol. The number of amides is 1. The minimum Gasteiger partial charge on any atom is -0.352 e. The summed E-state index contributed by atoms with van der Waals surface area (Å²) in [5, 5.41) is 2.84. The van der Waals surface area contributed by atoms with Gasteiger partial charge < -0.3 is 9.88 Å². The van der Waals surface area contributed by atoms with Crippen LogP contribution in [0.25, 0.3) is 0 Å². The second kappa shape index (κ2) is 8.91. The van der Waals surface area contributed by atoms with Crippen LogP contribution in [0.15, 0.2) is 66.1 Å². The summed E-state index contributed by atoms with van der Waals surface area (Å²) in [4.78, 5) is 16.7. The topological polar surface area (TPSA) is 93.1 Å². The fourth-order valence-corrected chi connectivity index (χ4v) is 4.00. The van der Waals surface area contributed by atoms with Gasteiger partial charge in [-0.05, 0) is 55.7 Å². The highest BCUT2D eigenvalue weighted by molar-refractivity contribution is 7.92. The van der Waals surface area contributed by atoms with Crippen LogP contribution < -0.4 is 10.0 Å². The van der Waals surface area contributed by atoms with Crippen molar-refractivity contribution in [1.82, 2.24) is 14.9 Å². The molecule has 152 valence electrons. The molecule has 0 aliphatic heterocycles. The predicted octanol–water partition coefficient (Wildman–Crippen LogP) is 3.12. The summed E-state index contributed by atoms with van der Waals surface area (Å²) in [6.07, 6.45) is 6.02. The highest BCUT2D eigenvalue weighted by Crippen LogP contribution is 2.21. The van der Waals surface area contributed by atoms with Crippen LogP contribution in [0.5, 0.6) is 0 Å². The van der Waals surface area contributed by atoms with Crippen LogP contribution in [0.2, 0.25) is 0 Å². The van der Waals surface area contributed by atoms with Crippen molar-refractivity contribution in [2.24, 2.45) is 0 Å². The third-order valence-electron chi connectivity index (χ3n) is 4.64. The average Bonchev–Trinajstić information content (AvgIpc) is 3.21. The van der Waals surface area contributed by atoms with Crippen molar-refractivity contribution in [3.63, 3.8) is 0 Å². The molecule has 3 rings (SSSR count). The highest BCUT2D eigenvalue weighted by Gasteiger charge is 2.19. The molecule has 0 radical (unpaired) electrons. The third kappa shape index (κ3) is 5.23. The number of nitrogens with one attached hydrogen (secondary N) is 2. The van der Waals surface area contributed by atoms with Crippen LogP contribution >= 0.6 is 0 Å². The molecule has 1 amide bonds. The molecule has 0 bridgehead atoms. The maximum absolute atomic E-state index is 12.8. The van der Waals surface area contributed by atoms with Crippen molar-refractivity contribution < 1.29 is 13.2 Å². The lowest BCUT2D eigenvalue weighted by molar-refractivity contribution is 0.0953. The summed E-state index contributed by atoms with van der Waals surface area (Å²) in [5.41, 5.74) is 2.43. The number of nitrogens with zero attached hydrogens (tertiary/aromatic N) is 2. The van der Waals surface area contributed by atoms with Gasteiger partial charge in [-0.2, -0.15) is 0 Å². The molecule has 0 atom stereocenters. The number of rotatable bonds is 8. The van der Waals surface area contributed by atoms with Crippen LogP contribution in [0.1, 0.15) is 27.9 Å². The van der Waals surface area contributed by atoms with Crippen LogP contribution in [0.4, 0.5) is 5.69 Å². The Kier molecular flexibility index (Phi) is 6.33. The summed E-state index contributed by atoms with van der Waals surface area (Å²) < 4.78 is 30.0. The fraction of sp³-hybridized carbons (Fsp3) is 0.238. The van der Waals surface area contributed by atoms with E-state index in [-0.39, 0.29) is 22.1 Å². The van der Waals surface area contributed by atoms with E-state index in [2.05, 4.69) is 15.0 Å². The maximum Gasteiger partial charge on any atom is 0.261 e. The van der Waals surface area contributed by atoms with Crippen molar-refractivity contribution in [3.05, 3.63) is 77.9 Å². The van der Waals surface area contributed by atoms with Gasteiger partial charge in [0, 0.05) is 25.5 Å². The number of hydrogen-bond donors (Lipinski definition) is 2. The predicted molar refractivity (Wildman–Crippen MR) is 112 cm³/mol. The lowest BCUT2D eigenvalue weighted by Gasteiger charge is -2.13. The summed E-state index contributed by atoms with van der Waals surface area (Å²) in [6, 6.07) is 11.5. The SMILES string of the molecule is Cc1ccc(S(=O)(=O)Nc2ccccc2C(=O)NCCCn2ccnc2)cc1C. The number of hydrogen-bond acceptors (Lipinski definition) is 4. The van der Waals surface area contributed by atoms with Gasteiger partial charge in [0.25, 0.3) is 15.9 Å². The Hall–Kier alpha value is -3.13. The second-order valence-electron chi connectivity index (χ2n) is 6.81. The van der Waals surface area contributed by atoms with Crippen LogP contribution in [0.3, 0.4) is 0 Å². The van der Waals surface area contributed by atoms with Gasteiger partial charge in [0.05, 0.1) is 22.5 Å². The van der Waals surface area contributed by atoms with Crippen molar-refractivity contribution in [2.45, 2.75) is 31.7 Å². The molecule has 7 nitrogen and oxygen atoms in total. The van der Waals surface area contributed by atoms with Gasteiger partial charge in [0.2, 0.25) is 0 Å². The van der Waals surface area contributed by atoms with E-state index in [0.717, 1.165) is 24.1 Å². The van der Waals surface area contributed by atoms with Gasteiger partial charge in [-0.15, -0.1) is 0 Å². The minimum absolute atomic E-state index is 0.163. The first-order chi connectivity index (χ1) is 13.9. The zero-order chi connectivity index (χ0) is 20.9. The maximum atomic E-state index is 12.8. The summed E-state index contributed by atoms with van der Waals surface area (Å²) in [7, 11) is -3.80. The van der Waals surface area contributed by atoms with E-state index < -0.39 is 10.0 Å². The monoisotopic (exact) mass is 412 g/mol. The molecule has 0 aliphatic carbocycles. The molecule has 1 aromatic heterocycles. The molecule has 2 aromatic carbocycles. The Morgan fingerprint density at radius 1 is 1.10 bits per heavy atom. The number of carbonyl (C=O) groups is 1. The van der Waals surface area contributed by atoms with Crippen molar-refractivity contribution in [3.8, 4) is 0 Å². The summed E-state index contributed by atoms with van der Waals surface area (Å²) in [5.74, 6) is -0.325. The lowest BCUT2D eigenvalue weighted by Crippen LogP contribution is -2.26. The Labute approximate surface area is 170 Å². The first kappa shape index (κ1) is 20.6. The van der Waals surface area contributed by atoms with E-state index in [0.29, 0.717) is 6.54 Å². The third-order valence-corrected chi connectivity index (χ3v) is 6.01. The molecular formula is C21H24N4O3S. The smallest absolute Gasteiger partial charge is 0.261 e. The largest absolute Gasteiger partial charge is 0.352 e. The Morgan fingerprint density at radius 2 is 1.90 bits per heavy atom. The first-order valence-corrected chi connectivity index (χ1v) is 10.8. The molecule has 0 aliphatic rings. The van der Waals surface area contributed by atoms with Gasteiger partial charge >= 0.3 is 0 Å². The Balaban J connectivity index is 1.69. The van der Waals surface area contributed by atoms with Gasteiger partial charge in [-0.25, -0.2) is 13.4 Å². The summed E-state index contributed by atoms with van der Waals surface area (Å²) in [6.45, 7) is 4.99. The normalized spacial score (nSPS) is 11.2. The van der Waals surface area contributed by atoms with E-state index >= 15 is 0 Å². The number of para-hydroxylation sites is 1. The summed E-state index contributed by atoms with van der Waals surface area (Å²) >= 11 is 0.